The highest BCUT2D eigenvalue weighted by Gasteiger charge is 2.30. The number of carbonyl (C=O) groups is 1. The predicted octanol–water partition coefficient (Wildman–Crippen LogP) is 4.20. The second-order valence-electron chi connectivity index (χ2n) is 5.78. The number of carbonyl (C=O) groups excluding carboxylic acids is 1. The molecule has 0 fully saturated rings. The number of hydrogen-bond acceptors (Lipinski definition) is 4. The first-order chi connectivity index (χ1) is 12.3. The quantitative estimate of drug-likeness (QED) is 0.574. The van der Waals surface area contributed by atoms with E-state index >= 15 is 0 Å². The van der Waals surface area contributed by atoms with Crippen LogP contribution in [0, 0.1) is 0 Å². The van der Waals surface area contributed by atoms with E-state index in [0.717, 1.165) is 17.7 Å². The van der Waals surface area contributed by atoms with Gasteiger partial charge in [-0.3, -0.25) is 0 Å². The molecule has 0 saturated carbocycles. The minimum atomic E-state index is -4.37. The molecule has 0 radical (unpaired) electrons. The largest absolute Gasteiger partial charge is 0.456 e. The molecule has 136 valence electrons. The first-order valence-electron chi connectivity index (χ1n) is 7.70. The van der Waals surface area contributed by atoms with Crippen LogP contribution >= 0.6 is 11.6 Å². The van der Waals surface area contributed by atoms with E-state index in [-0.39, 0.29) is 6.61 Å². The van der Waals surface area contributed by atoms with Crippen LogP contribution in [0.15, 0.2) is 54.4 Å². The molecular formula is C18H14ClF3N2O2. The SMILES string of the molecule is O=C1C=C(N(Cc2ccc(C(F)(F)F)cc2)Cc2ccc(Cl)nc2)CO1. The fraction of sp³-hybridized carbons (Fsp3) is 0.222. The molecule has 0 saturated heterocycles. The van der Waals surface area contributed by atoms with E-state index in [0.29, 0.717) is 29.5 Å². The van der Waals surface area contributed by atoms with Crippen molar-refractivity contribution in [3.05, 3.63) is 76.2 Å². The van der Waals surface area contributed by atoms with Gasteiger partial charge in [-0.05, 0) is 29.3 Å². The topological polar surface area (TPSA) is 42.4 Å². The second kappa shape index (κ2) is 7.37. The highest BCUT2D eigenvalue weighted by molar-refractivity contribution is 6.29. The van der Waals surface area contributed by atoms with Crippen LogP contribution in [0.2, 0.25) is 5.15 Å². The molecule has 0 unspecified atom stereocenters. The van der Waals surface area contributed by atoms with Gasteiger partial charge in [-0.2, -0.15) is 13.2 Å². The van der Waals surface area contributed by atoms with Gasteiger partial charge in [0.15, 0.2) is 0 Å². The number of aromatic nitrogens is 1. The number of pyridine rings is 1. The Hall–Kier alpha value is -2.54. The summed E-state index contributed by atoms with van der Waals surface area (Å²) >= 11 is 5.78. The Bertz CT molecular complexity index is 818. The zero-order valence-electron chi connectivity index (χ0n) is 13.5. The lowest BCUT2D eigenvalue weighted by molar-refractivity contribution is -0.137. The van der Waals surface area contributed by atoms with Crippen molar-refractivity contribution in [2.75, 3.05) is 6.61 Å². The first-order valence-corrected chi connectivity index (χ1v) is 8.08. The molecule has 2 aromatic rings. The number of ether oxygens (including phenoxy) is 1. The summed E-state index contributed by atoms with van der Waals surface area (Å²) in [5.74, 6) is -0.438. The summed E-state index contributed by atoms with van der Waals surface area (Å²) in [7, 11) is 0. The lowest BCUT2D eigenvalue weighted by Crippen LogP contribution is -2.23. The van der Waals surface area contributed by atoms with E-state index in [4.69, 9.17) is 16.3 Å². The average molecular weight is 383 g/mol. The van der Waals surface area contributed by atoms with Crippen LogP contribution in [0.3, 0.4) is 0 Å². The number of rotatable bonds is 5. The van der Waals surface area contributed by atoms with Crippen molar-refractivity contribution in [2.24, 2.45) is 0 Å². The van der Waals surface area contributed by atoms with Gasteiger partial charge in [0.2, 0.25) is 0 Å². The van der Waals surface area contributed by atoms with Gasteiger partial charge in [0, 0.05) is 25.4 Å². The van der Waals surface area contributed by atoms with Crippen molar-refractivity contribution in [3.8, 4) is 0 Å². The zero-order valence-corrected chi connectivity index (χ0v) is 14.2. The number of halogens is 4. The van der Waals surface area contributed by atoms with Gasteiger partial charge in [-0.1, -0.05) is 29.8 Å². The number of hydrogen-bond donors (Lipinski definition) is 0. The summed E-state index contributed by atoms with van der Waals surface area (Å²) in [4.78, 5) is 17.3. The standard InChI is InChI=1S/C18H14ClF3N2O2/c19-16-6-3-13(8-23-16)10-24(15-7-17(25)26-11-15)9-12-1-4-14(5-2-12)18(20,21)22/h1-8H,9-11H2. The molecular weight excluding hydrogens is 369 g/mol. The maximum absolute atomic E-state index is 12.7. The lowest BCUT2D eigenvalue weighted by atomic mass is 10.1. The average Bonchev–Trinajstić information content (AvgIpc) is 3.02. The zero-order chi connectivity index (χ0) is 18.7. The Morgan fingerprint density at radius 2 is 1.73 bits per heavy atom. The van der Waals surface area contributed by atoms with Gasteiger partial charge in [-0.25, -0.2) is 9.78 Å². The van der Waals surface area contributed by atoms with Crippen LogP contribution in [0.25, 0.3) is 0 Å². The minimum Gasteiger partial charge on any atom is -0.456 e. The molecule has 0 spiro atoms. The molecule has 1 aromatic carbocycles. The molecule has 0 aliphatic carbocycles. The molecule has 1 aliphatic heterocycles. The maximum atomic E-state index is 12.7. The van der Waals surface area contributed by atoms with Crippen molar-refractivity contribution in [1.82, 2.24) is 9.88 Å². The summed E-state index contributed by atoms with van der Waals surface area (Å²) in [6.45, 7) is 0.859. The fourth-order valence-electron chi connectivity index (χ4n) is 2.55. The van der Waals surface area contributed by atoms with Crippen molar-refractivity contribution in [1.29, 1.82) is 0 Å². The summed E-state index contributed by atoms with van der Waals surface area (Å²) in [5, 5.41) is 0.363. The number of esters is 1. The second-order valence-corrected chi connectivity index (χ2v) is 6.17. The third kappa shape index (κ3) is 4.54. The van der Waals surface area contributed by atoms with Crippen LogP contribution < -0.4 is 0 Å². The van der Waals surface area contributed by atoms with E-state index in [1.807, 2.05) is 4.90 Å². The highest BCUT2D eigenvalue weighted by Crippen LogP contribution is 2.29. The number of cyclic esters (lactones) is 1. The van der Waals surface area contributed by atoms with Crippen molar-refractivity contribution in [2.45, 2.75) is 19.3 Å². The van der Waals surface area contributed by atoms with Gasteiger partial charge in [0.25, 0.3) is 0 Å². The van der Waals surface area contributed by atoms with Gasteiger partial charge in [0.05, 0.1) is 11.3 Å². The van der Waals surface area contributed by atoms with Gasteiger partial charge in [0.1, 0.15) is 11.8 Å². The Morgan fingerprint density at radius 3 is 2.27 bits per heavy atom. The Balaban J connectivity index is 1.80. The van der Waals surface area contributed by atoms with E-state index in [9.17, 15) is 18.0 Å². The smallest absolute Gasteiger partial charge is 0.416 e. The lowest BCUT2D eigenvalue weighted by Gasteiger charge is -2.25. The molecule has 1 aliphatic rings. The maximum Gasteiger partial charge on any atom is 0.416 e. The van der Waals surface area contributed by atoms with Gasteiger partial charge >= 0.3 is 12.1 Å². The van der Waals surface area contributed by atoms with Crippen LogP contribution in [0.5, 0.6) is 0 Å². The molecule has 2 heterocycles. The van der Waals surface area contributed by atoms with Gasteiger partial charge < -0.3 is 9.64 Å². The van der Waals surface area contributed by atoms with Crippen LogP contribution in [-0.4, -0.2) is 22.5 Å². The van der Waals surface area contributed by atoms with Crippen LogP contribution in [0.4, 0.5) is 13.2 Å². The number of benzene rings is 1. The molecule has 8 heteroatoms. The van der Waals surface area contributed by atoms with E-state index in [1.165, 1.54) is 18.2 Å². The summed E-state index contributed by atoms with van der Waals surface area (Å²) in [5.41, 5.74) is 1.49. The molecule has 26 heavy (non-hydrogen) atoms. The molecule has 0 amide bonds. The third-order valence-electron chi connectivity index (χ3n) is 3.87. The Labute approximate surface area is 152 Å². The Morgan fingerprint density at radius 1 is 1.08 bits per heavy atom. The predicted molar refractivity (Wildman–Crippen MR) is 89.0 cm³/mol. The molecule has 0 N–H and O–H groups in total. The normalized spacial score (nSPS) is 14.2. The monoisotopic (exact) mass is 382 g/mol. The first kappa shape index (κ1) is 18.3. The van der Waals surface area contributed by atoms with Gasteiger partial charge in [-0.15, -0.1) is 0 Å². The van der Waals surface area contributed by atoms with Crippen molar-refractivity contribution < 1.29 is 22.7 Å². The van der Waals surface area contributed by atoms with Crippen molar-refractivity contribution >= 4 is 17.6 Å². The highest BCUT2D eigenvalue weighted by atomic mass is 35.5. The summed E-state index contributed by atoms with van der Waals surface area (Å²) < 4.78 is 43.0. The number of nitrogens with zero attached hydrogens (tertiary/aromatic N) is 2. The molecule has 4 nitrogen and oxygen atoms in total. The fourth-order valence-corrected chi connectivity index (χ4v) is 2.66. The number of alkyl halides is 3. The minimum absolute atomic E-state index is 0.125. The van der Waals surface area contributed by atoms with E-state index < -0.39 is 17.7 Å². The molecule has 3 rings (SSSR count). The van der Waals surface area contributed by atoms with E-state index in [1.54, 1.807) is 18.3 Å². The van der Waals surface area contributed by atoms with Crippen molar-refractivity contribution in [3.63, 3.8) is 0 Å². The molecule has 1 aromatic heterocycles. The Kier molecular flexibility index (Phi) is 5.18. The van der Waals surface area contributed by atoms with E-state index in [2.05, 4.69) is 4.98 Å². The summed E-state index contributed by atoms with van der Waals surface area (Å²) in [6, 6.07) is 8.39. The molecule has 0 bridgehead atoms. The van der Waals surface area contributed by atoms with Crippen LogP contribution in [0.1, 0.15) is 16.7 Å². The third-order valence-corrected chi connectivity index (χ3v) is 4.09. The summed E-state index contributed by atoms with van der Waals surface area (Å²) in [6.07, 6.45) is -1.38. The molecule has 0 atom stereocenters. The van der Waals surface area contributed by atoms with Crippen LogP contribution in [-0.2, 0) is 28.8 Å².